The van der Waals surface area contributed by atoms with Crippen molar-refractivity contribution in [1.29, 1.82) is 21.2 Å². The SMILES string of the molecule is COc1ccccc1C1C2(C)OC(=N)C1(C#N)C(C#N)(C#N)C(c1ccc(F)cc1F)O2. The predicted molar refractivity (Wildman–Crippen MR) is 105 cm³/mol. The molecule has 0 radical (unpaired) electrons. The third kappa shape index (κ3) is 2.42. The fraction of sp³-hybridized carbons (Fsp3) is 0.304. The standard InChI is InChI=1S/C23H16F2N4O3/c1-21-18(15-5-3-4-6-17(15)30-2)23(12-28,20(29)32-21)22(10-26,11-27)19(31-21)14-8-7-13(24)9-16(14)25/h3-9,18-19,29H,1-2H3. The number of nitriles is 3. The highest BCUT2D eigenvalue weighted by molar-refractivity contribution is 5.90. The van der Waals surface area contributed by atoms with Crippen molar-refractivity contribution >= 4 is 5.90 Å². The van der Waals surface area contributed by atoms with Crippen LogP contribution in [0.1, 0.15) is 30.1 Å². The summed E-state index contributed by atoms with van der Waals surface area (Å²) < 4.78 is 45.5. The first-order valence-electron chi connectivity index (χ1n) is 9.52. The molecule has 0 aliphatic carbocycles. The van der Waals surface area contributed by atoms with Gasteiger partial charge in [-0.15, -0.1) is 0 Å². The van der Waals surface area contributed by atoms with Gasteiger partial charge in [-0.1, -0.05) is 24.3 Å². The third-order valence-electron chi connectivity index (χ3n) is 6.21. The van der Waals surface area contributed by atoms with Crippen LogP contribution in [-0.4, -0.2) is 18.8 Å². The normalized spacial score (nSPS) is 29.8. The first kappa shape index (κ1) is 21.2. The third-order valence-corrected chi connectivity index (χ3v) is 6.21. The zero-order chi connectivity index (χ0) is 23.3. The maximum atomic E-state index is 14.8. The van der Waals surface area contributed by atoms with Gasteiger partial charge in [0.15, 0.2) is 5.41 Å². The number of para-hydroxylation sites is 1. The van der Waals surface area contributed by atoms with Crippen molar-refractivity contribution in [2.75, 3.05) is 7.11 Å². The molecular weight excluding hydrogens is 418 g/mol. The van der Waals surface area contributed by atoms with Crippen molar-refractivity contribution in [3.63, 3.8) is 0 Å². The van der Waals surface area contributed by atoms with Gasteiger partial charge in [0, 0.05) is 24.1 Å². The van der Waals surface area contributed by atoms with Gasteiger partial charge in [0.1, 0.15) is 23.5 Å². The molecule has 0 aromatic heterocycles. The van der Waals surface area contributed by atoms with Gasteiger partial charge in [0.05, 0.1) is 31.2 Å². The van der Waals surface area contributed by atoms with Crippen molar-refractivity contribution in [2.45, 2.75) is 24.7 Å². The van der Waals surface area contributed by atoms with E-state index in [-0.39, 0.29) is 5.56 Å². The number of ether oxygens (including phenoxy) is 3. The number of nitrogens with one attached hydrogen (secondary N) is 1. The van der Waals surface area contributed by atoms with Crippen molar-refractivity contribution in [3.8, 4) is 24.0 Å². The van der Waals surface area contributed by atoms with Gasteiger partial charge < -0.3 is 14.2 Å². The van der Waals surface area contributed by atoms with Crippen LogP contribution in [0, 0.1) is 61.9 Å². The van der Waals surface area contributed by atoms with Crippen LogP contribution in [0.25, 0.3) is 0 Å². The van der Waals surface area contributed by atoms with Crippen molar-refractivity contribution in [3.05, 3.63) is 65.2 Å². The lowest BCUT2D eigenvalue weighted by Gasteiger charge is -2.49. The summed E-state index contributed by atoms with van der Waals surface area (Å²) in [6.45, 7) is 1.45. The van der Waals surface area contributed by atoms with Gasteiger partial charge in [-0.25, -0.2) is 8.78 Å². The first-order valence-corrected chi connectivity index (χ1v) is 9.52. The second-order valence-corrected chi connectivity index (χ2v) is 7.74. The van der Waals surface area contributed by atoms with Crippen LogP contribution in [0.15, 0.2) is 42.5 Å². The molecule has 7 nitrogen and oxygen atoms in total. The second-order valence-electron chi connectivity index (χ2n) is 7.74. The molecule has 32 heavy (non-hydrogen) atoms. The molecule has 4 rings (SSSR count). The first-order chi connectivity index (χ1) is 15.2. The van der Waals surface area contributed by atoms with Crippen LogP contribution < -0.4 is 4.74 Å². The fourth-order valence-corrected chi connectivity index (χ4v) is 4.85. The largest absolute Gasteiger partial charge is 0.496 e. The molecule has 0 saturated carbocycles. The average molecular weight is 434 g/mol. The maximum absolute atomic E-state index is 14.8. The fourth-order valence-electron chi connectivity index (χ4n) is 4.85. The summed E-state index contributed by atoms with van der Waals surface area (Å²) in [6, 6.07) is 14.9. The number of fused-ring (bicyclic) bond motifs is 2. The van der Waals surface area contributed by atoms with E-state index in [1.807, 2.05) is 18.2 Å². The van der Waals surface area contributed by atoms with Crippen LogP contribution in [0.5, 0.6) is 5.75 Å². The monoisotopic (exact) mass is 434 g/mol. The van der Waals surface area contributed by atoms with E-state index in [1.165, 1.54) is 14.0 Å². The maximum Gasteiger partial charge on any atom is 0.219 e. The van der Waals surface area contributed by atoms with Crippen molar-refractivity contribution in [2.24, 2.45) is 10.8 Å². The smallest absolute Gasteiger partial charge is 0.219 e. The molecule has 0 amide bonds. The lowest BCUT2D eigenvalue weighted by Crippen LogP contribution is -2.57. The molecule has 2 heterocycles. The van der Waals surface area contributed by atoms with E-state index in [2.05, 4.69) is 0 Å². The van der Waals surface area contributed by atoms with E-state index >= 15 is 0 Å². The molecule has 4 unspecified atom stereocenters. The Morgan fingerprint density at radius 3 is 2.31 bits per heavy atom. The Bertz CT molecular complexity index is 1250. The Labute approximate surface area is 182 Å². The minimum atomic E-state index is -2.40. The Morgan fingerprint density at radius 2 is 1.72 bits per heavy atom. The second kappa shape index (κ2) is 7.02. The van der Waals surface area contributed by atoms with Gasteiger partial charge in [-0.3, -0.25) is 5.41 Å². The highest BCUT2D eigenvalue weighted by Gasteiger charge is 2.80. The lowest BCUT2D eigenvalue weighted by atomic mass is 9.52. The summed E-state index contributed by atoms with van der Waals surface area (Å²) in [6.07, 6.45) is -1.64. The van der Waals surface area contributed by atoms with Gasteiger partial charge in [-0.2, -0.15) is 15.8 Å². The van der Waals surface area contributed by atoms with Crippen molar-refractivity contribution in [1.82, 2.24) is 0 Å². The van der Waals surface area contributed by atoms with Crippen LogP contribution in [0.3, 0.4) is 0 Å². The van der Waals surface area contributed by atoms with Gasteiger partial charge in [0.2, 0.25) is 17.1 Å². The summed E-state index contributed by atoms with van der Waals surface area (Å²) in [5, 5.41) is 39.4. The number of nitrogens with zero attached hydrogens (tertiary/aromatic N) is 3. The number of rotatable bonds is 3. The van der Waals surface area contributed by atoms with Crippen LogP contribution >= 0.6 is 0 Å². The number of methoxy groups -OCH3 is 1. The Kier molecular flexibility index (Phi) is 4.66. The Hall–Kier alpha value is -4.00. The number of hydrogen-bond acceptors (Lipinski definition) is 7. The molecule has 4 atom stereocenters. The van der Waals surface area contributed by atoms with Gasteiger partial charge in [-0.05, 0) is 12.1 Å². The molecule has 160 valence electrons. The topological polar surface area (TPSA) is 123 Å². The predicted octanol–water partition coefficient (Wildman–Crippen LogP) is 4.10. The highest BCUT2D eigenvalue weighted by Crippen LogP contribution is 2.70. The van der Waals surface area contributed by atoms with E-state index < -0.39 is 46.2 Å². The Balaban J connectivity index is 2.07. The number of benzene rings is 2. The lowest BCUT2D eigenvalue weighted by molar-refractivity contribution is -0.254. The molecule has 1 N–H and O–H groups in total. The van der Waals surface area contributed by atoms with Gasteiger partial charge in [0.25, 0.3) is 0 Å². The summed E-state index contributed by atoms with van der Waals surface area (Å²) in [5.74, 6) is -5.09. The number of halogens is 2. The minimum absolute atomic E-state index is 0.294. The van der Waals surface area contributed by atoms with Crippen LogP contribution in [0.2, 0.25) is 0 Å². The average Bonchev–Trinajstić information content (AvgIpc) is 2.96. The molecule has 2 bridgehead atoms. The molecule has 2 aromatic carbocycles. The molecule has 9 heteroatoms. The zero-order valence-electron chi connectivity index (χ0n) is 17.0. The summed E-state index contributed by atoms with van der Waals surface area (Å²) in [4.78, 5) is 0. The van der Waals surface area contributed by atoms with Crippen LogP contribution in [0.4, 0.5) is 8.78 Å². The molecule has 2 aromatic rings. The molecule has 2 saturated heterocycles. The number of hydrogen-bond donors (Lipinski definition) is 1. The summed E-state index contributed by atoms with van der Waals surface area (Å²) in [5.41, 5.74) is -4.49. The molecule has 0 spiro atoms. The summed E-state index contributed by atoms with van der Waals surface area (Å²) >= 11 is 0. The minimum Gasteiger partial charge on any atom is -0.496 e. The van der Waals surface area contributed by atoms with E-state index in [9.17, 15) is 24.6 Å². The quantitative estimate of drug-likeness (QED) is 0.776. The highest BCUT2D eigenvalue weighted by atomic mass is 19.1. The van der Waals surface area contributed by atoms with E-state index in [4.69, 9.17) is 19.6 Å². The van der Waals surface area contributed by atoms with E-state index in [0.29, 0.717) is 17.4 Å². The summed E-state index contributed by atoms with van der Waals surface area (Å²) in [7, 11) is 1.41. The zero-order valence-corrected chi connectivity index (χ0v) is 17.0. The van der Waals surface area contributed by atoms with Crippen molar-refractivity contribution < 1.29 is 23.0 Å². The van der Waals surface area contributed by atoms with E-state index in [1.54, 1.807) is 24.3 Å². The van der Waals surface area contributed by atoms with Crippen LogP contribution in [-0.2, 0) is 9.47 Å². The molecule has 2 fully saturated rings. The van der Waals surface area contributed by atoms with E-state index in [0.717, 1.165) is 12.1 Å². The molecular formula is C23H16F2N4O3. The molecule has 2 aliphatic rings. The van der Waals surface area contributed by atoms with Gasteiger partial charge >= 0.3 is 0 Å². The molecule has 2 aliphatic heterocycles. The Morgan fingerprint density at radius 1 is 1.03 bits per heavy atom.